The lowest BCUT2D eigenvalue weighted by Gasteiger charge is -2.26. The van der Waals surface area contributed by atoms with Crippen molar-refractivity contribution in [1.29, 1.82) is 0 Å². The number of esters is 1. The molecule has 0 saturated carbocycles. The molecule has 0 radical (unpaired) electrons. The van der Waals surface area contributed by atoms with Crippen molar-refractivity contribution in [1.82, 2.24) is 5.32 Å². The molecule has 0 aliphatic rings. The van der Waals surface area contributed by atoms with Gasteiger partial charge in [0, 0.05) is 6.04 Å². The molecular formula is C16H25NO3. The summed E-state index contributed by atoms with van der Waals surface area (Å²) >= 11 is 0. The molecule has 0 amide bonds. The van der Waals surface area contributed by atoms with Crippen LogP contribution in [-0.2, 0) is 9.53 Å². The number of benzene rings is 1. The van der Waals surface area contributed by atoms with Crippen LogP contribution in [0.15, 0.2) is 24.3 Å². The van der Waals surface area contributed by atoms with E-state index in [0.29, 0.717) is 0 Å². The topological polar surface area (TPSA) is 47.6 Å². The molecule has 0 spiro atoms. The zero-order chi connectivity index (χ0) is 15.1. The summed E-state index contributed by atoms with van der Waals surface area (Å²) in [5, 5.41) is 3.39. The van der Waals surface area contributed by atoms with Gasteiger partial charge >= 0.3 is 5.97 Å². The van der Waals surface area contributed by atoms with E-state index in [1.54, 1.807) is 7.11 Å². The molecule has 1 aromatic carbocycles. The number of carbonyl (C=O) groups excluding carboxylic acids is 1. The van der Waals surface area contributed by atoms with E-state index in [2.05, 4.69) is 12.2 Å². The molecule has 112 valence electrons. The van der Waals surface area contributed by atoms with Gasteiger partial charge in [0.1, 0.15) is 11.8 Å². The number of rotatable bonds is 7. The van der Waals surface area contributed by atoms with Crippen LogP contribution in [0.2, 0.25) is 0 Å². The van der Waals surface area contributed by atoms with Gasteiger partial charge in [-0.25, -0.2) is 0 Å². The SMILES string of the molecule is CCC(NC(C(=O)OC)C(C)C)c1ccc(OC)cc1. The Bertz CT molecular complexity index is 414. The van der Waals surface area contributed by atoms with Crippen LogP contribution in [0.3, 0.4) is 0 Å². The van der Waals surface area contributed by atoms with Gasteiger partial charge in [0.15, 0.2) is 0 Å². The molecule has 4 heteroatoms. The molecule has 1 N–H and O–H groups in total. The summed E-state index contributed by atoms with van der Waals surface area (Å²) in [6, 6.07) is 7.73. The highest BCUT2D eigenvalue weighted by Crippen LogP contribution is 2.22. The lowest BCUT2D eigenvalue weighted by atomic mass is 9.99. The van der Waals surface area contributed by atoms with E-state index in [1.165, 1.54) is 7.11 Å². The third-order valence-electron chi connectivity index (χ3n) is 3.43. The first-order valence-corrected chi connectivity index (χ1v) is 7.01. The van der Waals surface area contributed by atoms with E-state index in [1.807, 2.05) is 38.1 Å². The summed E-state index contributed by atoms with van der Waals surface area (Å²) in [5.74, 6) is 0.790. The number of nitrogens with one attached hydrogen (secondary N) is 1. The number of carbonyl (C=O) groups is 1. The second-order valence-corrected chi connectivity index (χ2v) is 5.15. The number of hydrogen-bond acceptors (Lipinski definition) is 4. The van der Waals surface area contributed by atoms with Crippen LogP contribution in [0.4, 0.5) is 0 Å². The molecule has 4 nitrogen and oxygen atoms in total. The second kappa shape index (κ2) is 7.90. The third-order valence-corrected chi connectivity index (χ3v) is 3.43. The lowest BCUT2D eigenvalue weighted by molar-refractivity contribution is -0.144. The Balaban J connectivity index is 2.85. The molecule has 2 unspecified atom stereocenters. The maximum atomic E-state index is 11.8. The van der Waals surface area contributed by atoms with Gasteiger partial charge in [-0.3, -0.25) is 10.1 Å². The van der Waals surface area contributed by atoms with Crippen LogP contribution < -0.4 is 10.1 Å². The largest absolute Gasteiger partial charge is 0.497 e. The van der Waals surface area contributed by atoms with E-state index in [9.17, 15) is 4.79 Å². The summed E-state index contributed by atoms with van der Waals surface area (Å²) in [6.45, 7) is 6.11. The monoisotopic (exact) mass is 279 g/mol. The fourth-order valence-corrected chi connectivity index (χ4v) is 2.16. The Morgan fingerprint density at radius 1 is 1.20 bits per heavy atom. The standard InChI is InChI=1S/C16H25NO3/c1-6-14(12-7-9-13(19-4)10-8-12)17-15(11(2)3)16(18)20-5/h7-11,14-15,17H,6H2,1-5H3. The number of hydrogen-bond donors (Lipinski definition) is 1. The van der Waals surface area contributed by atoms with Crippen LogP contribution >= 0.6 is 0 Å². The first kappa shape index (κ1) is 16.5. The van der Waals surface area contributed by atoms with Crippen molar-refractivity contribution in [2.75, 3.05) is 14.2 Å². The van der Waals surface area contributed by atoms with Crippen LogP contribution in [0.1, 0.15) is 38.8 Å². The number of ether oxygens (including phenoxy) is 2. The summed E-state index contributed by atoms with van der Waals surface area (Å²) < 4.78 is 10.0. The third kappa shape index (κ3) is 4.23. The van der Waals surface area contributed by atoms with Crippen molar-refractivity contribution >= 4 is 5.97 Å². The molecular weight excluding hydrogens is 254 g/mol. The quantitative estimate of drug-likeness (QED) is 0.780. The maximum Gasteiger partial charge on any atom is 0.323 e. The average Bonchev–Trinajstić information content (AvgIpc) is 2.47. The van der Waals surface area contributed by atoms with E-state index < -0.39 is 0 Å². The Hall–Kier alpha value is -1.55. The van der Waals surface area contributed by atoms with Gasteiger partial charge in [-0.1, -0.05) is 32.9 Å². The summed E-state index contributed by atoms with van der Waals surface area (Å²) in [7, 11) is 3.07. The van der Waals surface area contributed by atoms with Gasteiger partial charge in [0.25, 0.3) is 0 Å². The Labute approximate surface area is 121 Å². The minimum atomic E-state index is -0.299. The second-order valence-electron chi connectivity index (χ2n) is 5.15. The fraction of sp³-hybridized carbons (Fsp3) is 0.562. The van der Waals surface area contributed by atoms with Crippen molar-refractivity contribution < 1.29 is 14.3 Å². The van der Waals surface area contributed by atoms with Crippen molar-refractivity contribution in [3.63, 3.8) is 0 Å². The molecule has 0 saturated heterocycles. The Kier molecular flexibility index (Phi) is 6.52. The fourth-order valence-electron chi connectivity index (χ4n) is 2.16. The van der Waals surface area contributed by atoms with Crippen LogP contribution in [0.25, 0.3) is 0 Å². The first-order chi connectivity index (χ1) is 9.53. The van der Waals surface area contributed by atoms with Gasteiger partial charge in [-0.2, -0.15) is 0 Å². The van der Waals surface area contributed by atoms with Crippen LogP contribution in [0.5, 0.6) is 5.75 Å². The van der Waals surface area contributed by atoms with Crippen LogP contribution in [0, 0.1) is 5.92 Å². The van der Waals surface area contributed by atoms with E-state index in [4.69, 9.17) is 9.47 Å². The predicted octanol–water partition coefficient (Wildman–Crippen LogP) is 2.93. The zero-order valence-electron chi connectivity index (χ0n) is 13.0. The van der Waals surface area contributed by atoms with Gasteiger partial charge in [0.2, 0.25) is 0 Å². The molecule has 0 aromatic heterocycles. The van der Waals surface area contributed by atoms with Gasteiger partial charge in [-0.15, -0.1) is 0 Å². The van der Waals surface area contributed by atoms with Gasteiger partial charge in [0.05, 0.1) is 14.2 Å². The molecule has 0 fully saturated rings. The molecule has 0 bridgehead atoms. The first-order valence-electron chi connectivity index (χ1n) is 7.01. The molecule has 1 aromatic rings. The summed E-state index contributed by atoms with van der Waals surface area (Å²) in [4.78, 5) is 11.8. The predicted molar refractivity (Wildman–Crippen MR) is 79.8 cm³/mol. The van der Waals surface area contributed by atoms with Gasteiger partial charge < -0.3 is 9.47 Å². The number of methoxy groups -OCH3 is 2. The van der Waals surface area contributed by atoms with Crippen molar-refractivity contribution in [2.45, 2.75) is 39.3 Å². The summed E-state index contributed by atoms with van der Waals surface area (Å²) in [5.41, 5.74) is 1.14. The lowest BCUT2D eigenvalue weighted by Crippen LogP contribution is -2.43. The Morgan fingerprint density at radius 2 is 1.80 bits per heavy atom. The normalized spacial score (nSPS) is 13.9. The smallest absolute Gasteiger partial charge is 0.323 e. The minimum Gasteiger partial charge on any atom is -0.497 e. The average molecular weight is 279 g/mol. The van der Waals surface area contributed by atoms with E-state index in [-0.39, 0.29) is 24.0 Å². The van der Waals surface area contributed by atoms with E-state index in [0.717, 1.165) is 17.7 Å². The van der Waals surface area contributed by atoms with E-state index >= 15 is 0 Å². The molecule has 20 heavy (non-hydrogen) atoms. The minimum absolute atomic E-state index is 0.118. The highest BCUT2D eigenvalue weighted by molar-refractivity contribution is 5.76. The molecule has 1 rings (SSSR count). The van der Waals surface area contributed by atoms with Crippen molar-refractivity contribution in [2.24, 2.45) is 5.92 Å². The molecule has 0 aliphatic heterocycles. The summed E-state index contributed by atoms with van der Waals surface area (Å²) in [6.07, 6.45) is 0.895. The van der Waals surface area contributed by atoms with Gasteiger partial charge in [-0.05, 0) is 30.0 Å². The molecule has 0 heterocycles. The van der Waals surface area contributed by atoms with Crippen molar-refractivity contribution in [3.8, 4) is 5.75 Å². The molecule has 2 atom stereocenters. The van der Waals surface area contributed by atoms with Crippen LogP contribution in [-0.4, -0.2) is 26.2 Å². The highest BCUT2D eigenvalue weighted by Gasteiger charge is 2.25. The molecule has 0 aliphatic carbocycles. The maximum absolute atomic E-state index is 11.8. The Morgan fingerprint density at radius 3 is 2.20 bits per heavy atom. The zero-order valence-corrected chi connectivity index (χ0v) is 13.0. The highest BCUT2D eigenvalue weighted by atomic mass is 16.5. The van der Waals surface area contributed by atoms with Crippen molar-refractivity contribution in [3.05, 3.63) is 29.8 Å².